The number of benzene rings is 2. The van der Waals surface area contributed by atoms with Crippen LogP contribution >= 0.6 is 23.2 Å². The molecule has 7 heteroatoms. The van der Waals surface area contributed by atoms with E-state index in [0.717, 1.165) is 0 Å². The van der Waals surface area contributed by atoms with Crippen LogP contribution in [0.3, 0.4) is 0 Å². The standard InChI is InChI=1S/C16H11Cl2N3O2/c17-10-5-6-12(11(18)7-10)20-15(22)9-21-14-4-2-1-3-13(14)19-8-16(21)23/h1-8H,9H2,(H,20,22). The second-order valence-electron chi connectivity index (χ2n) is 4.84. The second kappa shape index (κ2) is 6.40. The second-order valence-corrected chi connectivity index (χ2v) is 5.69. The van der Waals surface area contributed by atoms with Crippen LogP contribution in [0.4, 0.5) is 5.69 Å². The number of nitrogens with one attached hydrogen (secondary N) is 1. The molecule has 3 aromatic rings. The van der Waals surface area contributed by atoms with Crippen LogP contribution in [-0.4, -0.2) is 15.5 Å². The fourth-order valence-electron chi connectivity index (χ4n) is 2.20. The molecule has 0 saturated heterocycles. The number of carbonyl (C=O) groups excluding carboxylic acids is 1. The Kier molecular flexibility index (Phi) is 4.32. The lowest BCUT2D eigenvalue weighted by molar-refractivity contribution is -0.116. The van der Waals surface area contributed by atoms with Crippen molar-refractivity contribution in [2.75, 3.05) is 5.32 Å². The number of nitrogens with zero attached hydrogens (tertiary/aromatic N) is 2. The van der Waals surface area contributed by atoms with Crippen LogP contribution in [-0.2, 0) is 11.3 Å². The van der Waals surface area contributed by atoms with E-state index in [1.807, 2.05) is 6.07 Å². The molecule has 23 heavy (non-hydrogen) atoms. The molecule has 1 heterocycles. The van der Waals surface area contributed by atoms with Gasteiger partial charge in [0, 0.05) is 5.02 Å². The monoisotopic (exact) mass is 347 g/mol. The van der Waals surface area contributed by atoms with Gasteiger partial charge in [0.15, 0.2) is 0 Å². The Labute approximate surface area is 141 Å². The number of halogens is 2. The zero-order chi connectivity index (χ0) is 16.4. The van der Waals surface area contributed by atoms with Crippen molar-refractivity contribution in [3.8, 4) is 0 Å². The number of hydrogen-bond donors (Lipinski definition) is 1. The van der Waals surface area contributed by atoms with Crippen LogP contribution < -0.4 is 10.9 Å². The van der Waals surface area contributed by atoms with Crippen molar-refractivity contribution in [3.63, 3.8) is 0 Å². The highest BCUT2D eigenvalue weighted by Gasteiger charge is 2.10. The number of rotatable bonds is 3. The fourth-order valence-corrected chi connectivity index (χ4v) is 2.66. The first-order chi connectivity index (χ1) is 11.0. The average Bonchev–Trinajstić information content (AvgIpc) is 2.53. The summed E-state index contributed by atoms with van der Waals surface area (Å²) >= 11 is 11.8. The molecule has 0 spiro atoms. The molecule has 3 rings (SSSR count). The summed E-state index contributed by atoms with van der Waals surface area (Å²) in [6.07, 6.45) is 1.20. The smallest absolute Gasteiger partial charge is 0.269 e. The average molecular weight is 348 g/mol. The number of para-hydroxylation sites is 2. The molecule has 0 bridgehead atoms. The Balaban J connectivity index is 1.89. The van der Waals surface area contributed by atoms with Gasteiger partial charge in [-0.1, -0.05) is 35.3 Å². The Morgan fingerprint density at radius 1 is 1.17 bits per heavy atom. The Hall–Kier alpha value is -2.37. The van der Waals surface area contributed by atoms with E-state index in [9.17, 15) is 9.59 Å². The predicted molar refractivity (Wildman–Crippen MR) is 91.1 cm³/mol. The number of fused-ring (bicyclic) bond motifs is 1. The van der Waals surface area contributed by atoms with Gasteiger partial charge < -0.3 is 5.32 Å². The van der Waals surface area contributed by atoms with Gasteiger partial charge in [-0.2, -0.15) is 0 Å². The van der Waals surface area contributed by atoms with Gasteiger partial charge in [0.25, 0.3) is 5.56 Å². The maximum absolute atomic E-state index is 12.2. The van der Waals surface area contributed by atoms with Crippen molar-refractivity contribution < 1.29 is 4.79 Å². The van der Waals surface area contributed by atoms with Crippen LogP contribution in [0.1, 0.15) is 0 Å². The van der Waals surface area contributed by atoms with Crippen LogP contribution in [0, 0.1) is 0 Å². The number of amides is 1. The van der Waals surface area contributed by atoms with E-state index in [0.29, 0.717) is 26.8 Å². The molecule has 0 fully saturated rings. The lowest BCUT2D eigenvalue weighted by atomic mass is 10.3. The summed E-state index contributed by atoms with van der Waals surface area (Å²) in [5.41, 5.74) is 1.33. The summed E-state index contributed by atoms with van der Waals surface area (Å²) in [6.45, 7) is -0.138. The third-order valence-electron chi connectivity index (χ3n) is 3.26. The molecule has 0 radical (unpaired) electrons. The third kappa shape index (κ3) is 3.36. The first-order valence-corrected chi connectivity index (χ1v) is 7.50. The minimum atomic E-state index is -0.368. The molecule has 0 atom stereocenters. The molecule has 0 unspecified atom stereocenters. The number of hydrogen-bond acceptors (Lipinski definition) is 3. The quantitative estimate of drug-likeness (QED) is 0.790. The summed E-state index contributed by atoms with van der Waals surface area (Å²) in [6, 6.07) is 11.9. The number of aromatic nitrogens is 2. The number of carbonyl (C=O) groups is 1. The molecular weight excluding hydrogens is 337 g/mol. The largest absolute Gasteiger partial charge is 0.323 e. The SMILES string of the molecule is O=C(Cn1c(=O)cnc2ccccc21)Nc1ccc(Cl)cc1Cl. The molecule has 2 aromatic carbocycles. The van der Waals surface area contributed by atoms with E-state index in [1.165, 1.54) is 16.8 Å². The van der Waals surface area contributed by atoms with Gasteiger partial charge in [0.1, 0.15) is 6.54 Å². The van der Waals surface area contributed by atoms with Crippen molar-refractivity contribution in [2.24, 2.45) is 0 Å². The Morgan fingerprint density at radius 3 is 2.74 bits per heavy atom. The lowest BCUT2D eigenvalue weighted by Gasteiger charge is -2.11. The normalized spacial score (nSPS) is 10.7. The van der Waals surface area contributed by atoms with Crippen molar-refractivity contribution in [3.05, 3.63) is 69.1 Å². The minimum Gasteiger partial charge on any atom is -0.323 e. The maximum atomic E-state index is 12.2. The summed E-state index contributed by atoms with van der Waals surface area (Å²) in [4.78, 5) is 28.3. The predicted octanol–water partition coefficient (Wildman–Crippen LogP) is 3.34. The zero-order valence-corrected chi connectivity index (χ0v) is 13.3. The lowest BCUT2D eigenvalue weighted by Crippen LogP contribution is -2.28. The molecule has 1 N–H and O–H groups in total. The molecule has 1 aromatic heterocycles. The molecular formula is C16H11Cl2N3O2. The van der Waals surface area contributed by atoms with Crippen LogP contribution in [0.15, 0.2) is 53.5 Å². The van der Waals surface area contributed by atoms with Crippen LogP contribution in [0.2, 0.25) is 10.0 Å². The van der Waals surface area contributed by atoms with E-state index in [-0.39, 0.29) is 18.0 Å². The third-order valence-corrected chi connectivity index (χ3v) is 3.81. The van der Waals surface area contributed by atoms with Crippen molar-refractivity contribution >= 4 is 45.8 Å². The highest BCUT2D eigenvalue weighted by atomic mass is 35.5. The van der Waals surface area contributed by atoms with Crippen LogP contribution in [0.25, 0.3) is 11.0 Å². The van der Waals surface area contributed by atoms with Gasteiger partial charge >= 0.3 is 0 Å². The van der Waals surface area contributed by atoms with Crippen molar-refractivity contribution in [1.29, 1.82) is 0 Å². The molecule has 0 aliphatic rings. The zero-order valence-electron chi connectivity index (χ0n) is 11.8. The first kappa shape index (κ1) is 15.5. The minimum absolute atomic E-state index is 0.138. The van der Waals surface area contributed by atoms with Gasteiger partial charge in [-0.15, -0.1) is 0 Å². The summed E-state index contributed by atoms with van der Waals surface area (Å²) in [5, 5.41) is 3.48. The molecule has 0 saturated carbocycles. The van der Waals surface area contributed by atoms with E-state index in [4.69, 9.17) is 23.2 Å². The Bertz CT molecular complexity index is 953. The van der Waals surface area contributed by atoms with E-state index in [1.54, 1.807) is 30.3 Å². The van der Waals surface area contributed by atoms with E-state index < -0.39 is 0 Å². The molecule has 1 amide bonds. The highest BCUT2D eigenvalue weighted by Crippen LogP contribution is 2.25. The van der Waals surface area contributed by atoms with Gasteiger partial charge in [0.2, 0.25) is 5.91 Å². The van der Waals surface area contributed by atoms with Gasteiger partial charge in [-0.3, -0.25) is 14.2 Å². The van der Waals surface area contributed by atoms with Crippen LogP contribution in [0.5, 0.6) is 0 Å². The topological polar surface area (TPSA) is 64.0 Å². The van der Waals surface area contributed by atoms with Gasteiger partial charge in [-0.05, 0) is 30.3 Å². The first-order valence-electron chi connectivity index (χ1n) is 6.74. The molecule has 0 aliphatic heterocycles. The van der Waals surface area contributed by atoms with E-state index >= 15 is 0 Å². The highest BCUT2D eigenvalue weighted by molar-refractivity contribution is 6.36. The summed E-state index contributed by atoms with van der Waals surface area (Å²) < 4.78 is 1.36. The van der Waals surface area contributed by atoms with Crippen molar-refractivity contribution in [2.45, 2.75) is 6.54 Å². The fraction of sp³-hybridized carbons (Fsp3) is 0.0625. The molecule has 5 nitrogen and oxygen atoms in total. The van der Waals surface area contributed by atoms with E-state index in [2.05, 4.69) is 10.3 Å². The summed E-state index contributed by atoms with van der Waals surface area (Å²) in [5.74, 6) is -0.368. The maximum Gasteiger partial charge on any atom is 0.269 e. The Morgan fingerprint density at radius 2 is 1.96 bits per heavy atom. The summed E-state index contributed by atoms with van der Waals surface area (Å²) in [7, 11) is 0. The molecule has 0 aliphatic carbocycles. The number of anilines is 1. The van der Waals surface area contributed by atoms with Gasteiger partial charge in [-0.25, -0.2) is 4.98 Å². The molecule has 116 valence electrons. The van der Waals surface area contributed by atoms with Gasteiger partial charge in [0.05, 0.1) is 27.9 Å². The van der Waals surface area contributed by atoms with Crippen molar-refractivity contribution in [1.82, 2.24) is 9.55 Å².